The number of hydrogen-bond acceptors (Lipinski definition) is 5. The summed E-state index contributed by atoms with van der Waals surface area (Å²) in [6, 6.07) is 16.0. The van der Waals surface area contributed by atoms with Crippen molar-refractivity contribution in [3.05, 3.63) is 88.5 Å². The van der Waals surface area contributed by atoms with E-state index in [1.54, 1.807) is 24.3 Å². The zero-order valence-corrected chi connectivity index (χ0v) is 20.2. The van der Waals surface area contributed by atoms with Crippen molar-refractivity contribution < 1.29 is 13.9 Å². The molecule has 2 aromatic carbocycles. The van der Waals surface area contributed by atoms with Crippen LogP contribution in [0.4, 0.5) is 4.39 Å². The Morgan fingerprint density at radius 2 is 1.89 bits per heavy atom. The first-order valence-corrected chi connectivity index (χ1v) is 11.9. The Labute approximate surface area is 206 Å². The Hall–Kier alpha value is -3.98. The van der Waals surface area contributed by atoms with Gasteiger partial charge in [-0.05, 0) is 74.5 Å². The van der Waals surface area contributed by atoms with Crippen molar-refractivity contribution >= 4 is 39.8 Å². The minimum Gasteiger partial charge on any atom is -0.492 e. The molecule has 0 spiro atoms. The van der Waals surface area contributed by atoms with Gasteiger partial charge in [-0.2, -0.15) is 15.1 Å². The van der Waals surface area contributed by atoms with E-state index in [1.165, 1.54) is 11.1 Å². The predicted octanol–water partition coefficient (Wildman–Crippen LogP) is 5.30. The fourth-order valence-corrected chi connectivity index (χ4v) is 5.03. The van der Waals surface area contributed by atoms with Crippen LogP contribution >= 0.6 is 11.8 Å². The second-order valence-corrected chi connectivity index (χ2v) is 8.92. The first kappa shape index (κ1) is 22.8. The number of benzene rings is 2. The van der Waals surface area contributed by atoms with E-state index >= 15 is 0 Å². The molecule has 7 nitrogen and oxygen atoms in total. The van der Waals surface area contributed by atoms with Gasteiger partial charge >= 0.3 is 0 Å². The number of carbonyl (C=O) groups is 1. The number of amides is 1. The number of amidine groups is 2. The molecule has 0 atom stereocenters. The van der Waals surface area contributed by atoms with Crippen molar-refractivity contribution in [2.75, 3.05) is 6.61 Å². The molecule has 2 aliphatic rings. The van der Waals surface area contributed by atoms with Crippen LogP contribution in [0.3, 0.4) is 0 Å². The number of aryl methyl sites for hydroxylation is 1. The maximum atomic E-state index is 14.3. The molecular weight excluding hydrogens is 465 g/mol. The third kappa shape index (κ3) is 3.97. The summed E-state index contributed by atoms with van der Waals surface area (Å²) in [6.07, 6.45) is 1.66. The van der Waals surface area contributed by atoms with Gasteiger partial charge in [0, 0.05) is 17.0 Å². The average Bonchev–Trinajstić information content (AvgIpc) is 3.38. The summed E-state index contributed by atoms with van der Waals surface area (Å²) in [5, 5.41) is 14.9. The fraction of sp³-hybridized carbons (Fsp3) is 0.154. The Morgan fingerprint density at radius 3 is 2.66 bits per heavy atom. The molecule has 0 aliphatic carbocycles. The lowest BCUT2D eigenvalue weighted by molar-refractivity contribution is -0.114. The molecule has 1 aromatic heterocycles. The minimum atomic E-state index is -0.529. The van der Waals surface area contributed by atoms with Crippen LogP contribution in [-0.2, 0) is 4.79 Å². The van der Waals surface area contributed by atoms with Crippen molar-refractivity contribution in [2.45, 2.75) is 20.8 Å². The lowest BCUT2D eigenvalue weighted by Gasteiger charge is -2.20. The first-order valence-electron chi connectivity index (χ1n) is 11.0. The van der Waals surface area contributed by atoms with Crippen LogP contribution in [0.25, 0.3) is 11.8 Å². The standard InChI is InChI=1S/C26H22FN5O2S/c1-4-34-22-12-8-7-11-21(22)31-15(2)13-17(16(31)3)14-19-23(28)32-26(29-24(19)33)35-25(30-32)18-9-5-6-10-20(18)27/h5-14,28H,4H2,1-3H3/b19-14-,28-23?. The Bertz CT molecular complexity index is 1470. The molecule has 3 heterocycles. The maximum Gasteiger partial charge on any atom is 0.283 e. The number of carbonyl (C=O) groups excluding carboxylic acids is 1. The van der Waals surface area contributed by atoms with Crippen molar-refractivity contribution in [1.29, 1.82) is 5.41 Å². The number of nitrogens with zero attached hydrogens (tertiary/aromatic N) is 4. The van der Waals surface area contributed by atoms with E-state index in [9.17, 15) is 9.18 Å². The normalized spacial score (nSPS) is 16.5. The lowest BCUT2D eigenvalue weighted by atomic mass is 10.1. The highest BCUT2D eigenvalue weighted by Crippen LogP contribution is 2.33. The third-order valence-electron chi connectivity index (χ3n) is 5.73. The lowest BCUT2D eigenvalue weighted by Crippen LogP contribution is -2.35. The van der Waals surface area contributed by atoms with E-state index in [0.717, 1.165) is 40.2 Å². The molecule has 0 saturated heterocycles. The van der Waals surface area contributed by atoms with Crippen LogP contribution in [0.15, 0.2) is 70.3 Å². The van der Waals surface area contributed by atoms with E-state index in [-0.39, 0.29) is 16.6 Å². The van der Waals surface area contributed by atoms with Crippen molar-refractivity contribution in [3.63, 3.8) is 0 Å². The van der Waals surface area contributed by atoms with Gasteiger partial charge in [0.25, 0.3) is 5.91 Å². The van der Waals surface area contributed by atoms with E-state index in [4.69, 9.17) is 10.1 Å². The SMILES string of the molecule is CCOc1ccccc1-n1c(C)cc(/C=C2/C(=N)N3N=C(c4ccccc4F)SC3=NC2=O)c1C. The van der Waals surface area contributed by atoms with Crippen LogP contribution in [0.1, 0.15) is 29.4 Å². The molecule has 0 bridgehead atoms. The van der Waals surface area contributed by atoms with E-state index in [0.29, 0.717) is 17.2 Å². The number of aromatic nitrogens is 1. The van der Waals surface area contributed by atoms with E-state index in [1.807, 2.05) is 51.1 Å². The summed E-state index contributed by atoms with van der Waals surface area (Å²) in [5.74, 6) is -0.292. The monoisotopic (exact) mass is 487 g/mol. The van der Waals surface area contributed by atoms with Crippen LogP contribution in [0.2, 0.25) is 0 Å². The second kappa shape index (κ2) is 8.99. The molecule has 9 heteroatoms. The number of halogens is 1. The van der Waals surface area contributed by atoms with Gasteiger partial charge < -0.3 is 9.30 Å². The third-order valence-corrected chi connectivity index (χ3v) is 6.68. The Balaban J connectivity index is 1.52. The molecule has 0 fully saturated rings. The molecule has 0 radical (unpaired) electrons. The Kier molecular flexibility index (Phi) is 5.86. The van der Waals surface area contributed by atoms with Gasteiger partial charge in [-0.3, -0.25) is 10.2 Å². The van der Waals surface area contributed by atoms with Crippen LogP contribution in [0.5, 0.6) is 5.75 Å². The summed E-state index contributed by atoms with van der Waals surface area (Å²) in [5.41, 5.74) is 3.95. The highest BCUT2D eigenvalue weighted by molar-refractivity contribution is 8.27. The van der Waals surface area contributed by atoms with Gasteiger partial charge in [-0.1, -0.05) is 24.3 Å². The molecule has 3 aromatic rings. The van der Waals surface area contributed by atoms with Crippen molar-refractivity contribution in [1.82, 2.24) is 9.58 Å². The molecule has 5 rings (SSSR count). The van der Waals surface area contributed by atoms with Gasteiger partial charge in [-0.25, -0.2) is 4.39 Å². The Morgan fingerprint density at radius 1 is 1.14 bits per heavy atom. The number of hydrazone groups is 1. The van der Waals surface area contributed by atoms with Crippen molar-refractivity contribution in [3.8, 4) is 11.4 Å². The molecule has 1 amide bonds. The molecule has 0 saturated carbocycles. The number of para-hydroxylation sites is 2. The van der Waals surface area contributed by atoms with Gasteiger partial charge in [0.2, 0.25) is 5.17 Å². The fourth-order valence-electron chi connectivity index (χ4n) is 4.12. The number of ether oxygens (including phenoxy) is 1. The van der Waals surface area contributed by atoms with Crippen LogP contribution < -0.4 is 4.74 Å². The van der Waals surface area contributed by atoms with Gasteiger partial charge in [-0.15, -0.1) is 0 Å². The second-order valence-electron chi connectivity index (χ2n) is 7.97. The van der Waals surface area contributed by atoms with Crippen LogP contribution in [-0.4, -0.2) is 38.1 Å². The maximum absolute atomic E-state index is 14.3. The van der Waals surface area contributed by atoms with E-state index in [2.05, 4.69) is 14.7 Å². The number of thioether (sulfide) groups is 1. The molecular formula is C26H22FN5O2S. The number of aliphatic imine (C=N–C) groups is 1. The molecule has 0 unspecified atom stereocenters. The summed E-state index contributed by atoms with van der Waals surface area (Å²) in [4.78, 5) is 17.0. The number of nitrogens with one attached hydrogen (secondary N) is 1. The quantitative estimate of drug-likeness (QED) is 0.495. The van der Waals surface area contributed by atoms with Crippen LogP contribution in [0, 0.1) is 25.1 Å². The predicted molar refractivity (Wildman–Crippen MR) is 137 cm³/mol. The minimum absolute atomic E-state index is 0.0987. The van der Waals surface area contributed by atoms with Gasteiger partial charge in [0.05, 0.1) is 17.9 Å². The number of fused-ring (bicyclic) bond motifs is 1. The number of hydrogen-bond donors (Lipinski definition) is 1. The molecule has 35 heavy (non-hydrogen) atoms. The largest absolute Gasteiger partial charge is 0.492 e. The zero-order valence-electron chi connectivity index (χ0n) is 19.4. The summed E-state index contributed by atoms with van der Waals surface area (Å²) < 4.78 is 22.1. The summed E-state index contributed by atoms with van der Waals surface area (Å²) >= 11 is 1.07. The topological polar surface area (TPSA) is 83.0 Å². The smallest absolute Gasteiger partial charge is 0.283 e. The highest BCUT2D eigenvalue weighted by Gasteiger charge is 2.36. The number of rotatable bonds is 5. The molecule has 176 valence electrons. The molecule has 1 N–H and O–H groups in total. The zero-order chi connectivity index (χ0) is 24.7. The van der Waals surface area contributed by atoms with E-state index < -0.39 is 11.7 Å². The average molecular weight is 488 g/mol. The summed E-state index contributed by atoms with van der Waals surface area (Å²) in [6.45, 7) is 6.41. The molecule has 2 aliphatic heterocycles. The first-order chi connectivity index (χ1) is 16.9. The highest BCUT2D eigenvalue weighted by atomic mass is 32.2. The van der Waals surface area contributed by atoms with Crippen molar-refractivity contribution in [2.24, 2.45) is 10.1 Å². The van der Waals surface area contributed by atoms with Gasteiger partial charge in [0.15, 0.2) is 5.84 Å². The summed E-state index contributed by atoms with van der Waals surface area (Å²) in [7, 11) is 0. The van der Waals surface area contributed by atoms with Gasteiger partial charge in [0.1, 0.15) is 16.6 Å².